The van der Waals surface area contributed by atoms with Gasteiger partial charge in [0.1, 0.15) is 12.1 Å². The van der Waals surface area contributed by atoms with Crippen LogP contribution in [-0.4, -0.2) is 17.0 Å². The van der Waals surface area contributed by atoms with Gasteiger partial charge in [-0.2, -0.15) is 0 Å². The first kappa shape index (κ1) is 8.70. The van der Waals surface area contributed by atoms with Crippen LogP contribution in [0.5, 0.6) is 0 Å². The van der Waals surface area contributed by atoms with E-state index in [0.717, 1.165) is 21.5 Å². The number of rotatable bonds is 2. The summed E-state index contributed by atoms with van der Waals surface area (Å²) >= 11 is 2.25. The van der Waals surface area contributed by atoms with Gasteiger partial charge in [-0.25, -0.2) is 9.97 Å². The van der Waals surface area contributed by atoms with E-state index in [4.69, 9.17) is 0 Å². The van der Waals surface area contributed by atoms with Gasteiger partial charge >= 0.3 is 0 Å². The molecule has 0 radical (unpaired) electrons. The molecule has 0 unspecified atom stereocenters. The first-order valence-electron chi connectivity index (χ1n) is 3.46. The van der Waals surface area contributed by atoms with Gasteiger partial charge < -0.3 is 5.32 Å². The lowest BCUT2D eigenvalue weighted by Gasteiger charge is -2.04. The van der Waals surface area contributed by atoms with E-state index in [0.29, 0.717) is 0 Å². The molecule has 3 nitrogen and oxygen atoms in total. The van der Waals surface area contributed by atoms with Gasteiger partial charge in [-0.3, -0.25) is 0 Å². The minimum absolute atomic E-state index is 0.914. The molecule has 11 heavy (non-hydrogen) atoms. The van der Waals surface area contributed by atoms with Crippen LogP contribution in [-0.2, 0) is 6.42 Å². The van der Waals surface area contributed by atoms with Crippen molar-refractivity contribution in [3.8, 4) is 0 Å². The lowest BCUT2D eigenvalue weighted by Crippen LogP contribution is -2.00. The molecule has 0 aliphatic carbocycles. The Kier molecular flexibility index (Phi) is 3.04. The van der Waals surface area contributed by atoms with Crippen molar-refractivity contribution in [2.75, 3.05) is 12.4 Å². The van der Waals surface area contributed by atoms with Crippen LogP contribution in [0.3, 0.4) is 0 Å². The fraction of sp³-hybridized carbons (Fsp3) is 0.429. The van der Waals surface area contributed by atoms with Crippen molar-refractivity contribution in [1.82, 2.24) is 9.97 Å². The summed E-state index contributed by atoms with van der Waals surface area (Å²) in [6.45, 7) is 2.09. The van der Waals surface area contributed by atoms with Crippen LogP contribution < -0.4 is 5.32 Å². The number of hydrogen-bond acceptors (Lipinski definition) is 3. The Morgan fingerprint density at radius 1 is 1.55 bits per heavy atom. The van der Waals surface area contributed by atoms with Gasteiger partial charge in [0, 0.05) is 7.05 Å². The molecule has 0 bridgehead atoms. The van der Waals surface area contributed by atoms with E-state index in [1.165, 1.54) is 0 Å². The molecule has 1 rings (SSSR count). The van der Waals surface area contributed by atoms with Crippen molar-refractivity contribution in [2.24, 2.45) is 0 Å². The SMILES string of the molecule is CCc1ncnc(NC)c1I. The van der Waals surface area contributed by atoms with Crippen LogP contribution >= 0.6 is 22.6 Å². The molecule has 0 spiro atoms. The van der Waals surface area contributed by atoms with E-state index < -0.39 is 0 Å². The molecule has 0 atom stereocenters. The van der Waals surface area contributed by atoms with E-state index in [9.17, 15) is 0 Å². The average molecular weight is 263 g/mol. The molecule has 0 aliphatic heterocycles. The van der Waals surface area contributed by atoms with Crippen LogP contribution in [0.25, 0.3) is 0 Å². The Labute approximate surface area is 79.8 Å². The third-order valence-electron chi connectivity index (χ3n) is 1.43. The van der Waals surface area contributed by atoms with E-state index >= 15 is 0 Å². The van der Waals surface area contributed by atoms with E-state index in [1.54, 1.807) is 6.33 Å². The summed E-state index contributed by atoms with van der Waals surface area (Å²) in [7, 11) is 1.87. The van der Waals surface area contributed by atoms with Gasteiger partial charge in [0.2, 0.25) is 0 Å². The zero-order valence-corrected chi connectivity index (χ0v) is 8.71. The third-order valence-corrected chi connectivity index (χ3v) is 2.57. The van der Waals surface area contributed by atoms with Crippen LogP contribution in [0.4, 0.5) is 5.82 Å². The first-order valence-corrected chi connectivity index (χ1v) is 4.54. The highest BCUT2D eigenvalue weighted by atomic mass is 127. The van der Waals surface area contributed by atoms with Gasteiger partial charge in [0.25, 0.3) is 0 Å². The molecular formula is C7H10IN3. The zero-order valence-electron chi connectivity index (χ0n) is 6.56. The molecule has 0 saturated heterocycles. The van der Waals surface area contributed by atoms with Crippen molar-refractivity contribution in [3.05, 3.63) is 15.6 Å². The van der Waals surface area contributed by atoms with Crippen molar-refractivity contribution in [2.45, 2.75) is 13.3 Å². The fourth-order valence-corrected chi connectivity index (χ4v) is 1.76. The van der Waals surface area contributed by atoms with Crippen LogP contribution in [0, 0.1) is 3.57 Å². The Balaban J connectivity index is 3.10. The summed E-state index contributed by atoms with van der Waals surface area (Å²) in [5.74, 6) is 0.914. The van der Waals surface area contributed by atoms with Gasteiger partial charge in [-0.1, -0.05) is 6.92 Å². The number of nitrogens with one attached hydrogen (secondary N) is 1. The van der Waals surface area contributed by atoms with Crippen LogP contribution in [0.15, 0.2) is 6.33 Å². The van der Waals surface area contributed by atoms with E-state index in [-0.39, 0.29) is 0 Å². The quantitative estimate of drug-likeness (QED) is 0.825. The minimum Gasteiger partial charge on any atom is -0.372 e. The van der Waals surface area contributed by atoms with Crippen molar-refractivity contribution < 1.29 is 0 Å². The number of aryl methyl sites for hydroxylation is 1. The second-order valence-corrected chi connectivity index (χ2v) is 3.17. The second-order valence-electron chi connectivity index (χ2n) is 2.09. The molecule has 0 aliphatic rings. The van der Waals surface area contributed by atoms with Gasteiger partial charge in [-0.05, 0) is 29.0 Å². The second kappa shape index (κ2) is 3.85. The maximum atomic E-state index is 4.15. The highest BCUT2D eigenvalue weighted by Crippen LogP contribution is 2.16. The number of hydrogen-bond donors (Lipinski definition) is 1. The number of nitrogens with zero attached hydrogens (tertiary/aromatic N) is 2. The molecule has 1 heterocycles. The van der Waals surface area contributed by atoms with E-state index in [2.05, 4.69) is 44.8 Å². The summed E-state index contributed by atoms with van der Waals surface area (Å²) in [5, 5.41) is 3.01. The zero-order chi connectivity index (χ0) is 8.27. The highest BCUT2D eigenvalue weighted by Gasteiger charge is 2.03. The minimum atomic E-state index is 0.914. The largest absolute Gasteiger partial charge is 0.372 e. The van der Waals surface area contributed by atoms with Crippen molar-refractivity contribution >= 4 is 28.4 Å². The Morgan fingerprint density at radius 3 is 2.82 bits per heavy atom. The molecule has 0 amide bonds. The molecule has 0 saturated carbocycles. The van der Waals surface area contributed by atoms with Gasteiger partial charge in [0.15, 0.2) is 0 Å². The Bertz CT molecular complexity index is 227. The normalized spacial score (nSPS) is 9.73. The molecule has 60 valence electrons. The maximum Gasteiger partial charge on any atom is 0.142 e. The molecule has 0 aromatic carbocycles. The maximum absolute atomic E-state index is 4.15. The lowest BCUT2D eigenvalue weighted by molar-refractivity contribution is 0.983. The highest BCUT2D eigenvalue weighted by molar-refractivity contribution is 14.1. The van der Waals surface area contributed by atoms with Gasteiger partial charge in [0.05, 0.1) is 9.26 Å². The van der Waals surface area contributed by atoms with Crippen LogP contribution in [0.2, 0.25) is 0 Å². The first-order chi connectivity index (χ1) is 5.29. The summed E-state index contributed by atoms with van der Waals surface area (Å²) in [5.41, 5.74) is 1.10. The number of aromatic nitrogens is 2. The van der Waals surface area contributed by atoms with Crippen LogP contribution in [0.1, 0.15) is 12.6 Å². The summed E-state index contributed by atoms with van der Waals surface area (Å²) in [6, 6.07) is 0. The topological polar surface area (TPSA) is 37.8 Å². The smallest absolute Gasteiger partial charge is 0.142 e. The molecular weight excluding hydrogens is 253 g/mol. The Morgan fingerprint density at radius 2 is 2.27 bits per heavy atom. The van der Waals surface area contributed by atoms with E-state index in [1.807, 2.05) is 7.05 Å². The number of halogens is 1. The molecule has 1 N–H and O–H groups in total. The molecule has 1 aromatic heterocycles. The predicted molar refractivity (Wildman–Crippen MR) is 53.7 cm³/mol. The van der Waals surface area contributed by atoms with Crippen molar-refractivity contribution in [1.29, 1.82) is 0 Å². The Hall–Kier alpha value is -0.390. The van der Waals surface area contributed by atoms with Crippen molar-refractivity contribution in [3.63, 3.8) is 0 Å². The standard InChI is InChI=1S/C7H10IN3/c1-3-5-6(8)7(9-2)11-4-10-5/h4H,3H2,1-2H3,(H,9,10,11). The third kappa shape index (κ3) is 1.79. The molecule has 0 fully saturated rings. The monoisotopic (exact) mass is 263 g/mol. The summed E-state index contributed by atoms with van der Waals surface area (Å²) < 4.78 is 1.12. The average Bonchev–Trinajstić information content (AvgIpc) is 2.05. The molecule has 1 aromatic rings. The summed E-state index contributed by atoms with van der Waals surface area (Å²) in [4.78, 5) is 8.22. The number of anilines is 1. The van der Waals surface area contributed by atoms with Gasteiger partial charge in [-0.15, -0.1) is 0 Å². The predicted octanol–water partition coefficient (Wildman–Crippen LogP) is 1.69. The summed E-state index contributed by atoms with van der Waals surface area (Å²) in [6.07, 6.45) is 2.54. The molecule has 4 heteroatoms. The lowest BCUT2D eigenvalue weighted by atomic mass is 10.3. The fourth-order valence-electron chi connectivity index (χ4n) is 0.827.